The Morgan fingerprint density at radius 3 is 2.88 bits per heavy atom. The van der Waals surface area contributed by atoms with E-state index in [2.05, 4.69) is 21.2 Å². The van der Waals surface area contributed by atoms with E-state index in [-0.39, 0.29) is 11.3 Å². The molecule has 5 nitrogen and oxygen atoms in total. The highest BCUT2D eigenvalue weighted by Gasteiger charge is 2.29. The van der Waals surface area contributed by atoms with Gasteiger partial charge in [-0.25, -0.2) is 0 Å². The summed E-state index contributed by atoms with van der Waals surface area (Å²) in [7, 11) is 0. The monoisotopic (exact) mass is 286 g/mol. The number of nitrogens with one attached hydrogen (secondary N) is 1. The fraction of sp³-hybridized carbons (Fsp3) is 0.400. The maximum Gasteiger partial charge on any atom is 0.274 e. The predicted octanol–water partition coefficient (Wildman–Crippen LogP) is 2.94. The minimum atomic E-state index is -0.435. The fourth-order valence-corrected chi connectivity index (χ4v) is 2.13. The van der Waals surface area contributed by atoms with E-state index in [1.54, 1.807) is 0 Å². The van der Waals surface area contributed by atoms with E-state index in [4.69, 9.17) is 4.74 Å². The molecule has 0 atom stereocenters. The molecule has 0 bridgehead atoms. The molecule has 1 aliphatic rings. The van der Waals surface area contributed by atoms with Crippen molar-refractivity contribution in [2.45, 2.75) is 19.4 Å². The molecule has 1 aromatic rings. The van der Waals surface area contributed by atoms with Crippen LogP contribution in [-0.4, -0.2) is 17.1 Å². The molecule has 0 spiro atoms. The molecule has 0 saturated carbocycles. The van der Waals surface area contributed by atoms with Gasteiger partial charge < -0.3 is 10.1 Å². The third-order valence-electron chi connectivity index (χ3n) is 2.33. The van der Waals surface area contributed by atoms with Crippen LogP contribution in [0.5, 0.6) is 5.75 Å². The Bertz CT molecular complexity index is 460. The van der Waals surface area contributed by atoms with Crippen LogP contribution in [-0.2, 0) is 0 Å². The SMILES string of the molecule is CC1(C)CNc2c(Br)cc([N+](=O)[O-])cc2O1. The Balaban J connectivity index is 2.49. The Hall–Kier alpha value is -1.30. The highest BCUT2D eigenvalue weighted by atomic mass is 79.9. The third-order valence-corrected chi connectivity index (χ3v) is 2.95. The minimum Gasteiger partial charge on any atom is -0.484 e. The van der Waals surface area contributed by atoms with E-state index in [0.717, 1.165) is 5.69 Å². The number of nitro groups is 1. The van der Waals surface area contributed by atoms with Gasteiger partial charge in [0.2, 0.25) is 0 Å². The fourth-order valence-electron chi connectivity index (χ4n) is 1.56. The quantitative estimate of drug-likeness (QED) is 0.637. The smallest absolute Gasteiger partial charge is 0.274 e. The zero-order chi connectivity index (χ0) is 11.9. The largest absolute Gasteiger partial charge is 0.484 e. The molecule has 0 radical (unpaired) electrons. The summed E-state index contributed by atoms with van der Waals surface area (Å²) in [5.74, 6) is 0.511. The second kappa shape index (κ2) is 3.62. The molecule has 0 fully saturated rings. The number of non-ortho nitro benzene ring substituents is 1. The second-order valence-corrected chi connectivity index (χ2v) is 5.13. The van der Waals surface area contributed by atoms with Gasteiger partial charge in [-0.2, -0.15) is 0 Å². The molecule has 6 heteroatoms. The molecular weight excluding hydrogens is 276 g/mol. The summed E-state index contributed by atoms with van der Waals surface area (Å²) in [4.78, 5) is 10.3. The van der Waals surface area contributed by atoms with Crippen molar-refractivity contribution in [3.63, 3.8) is 0 Å². The van der Waals surface area contributed by atoms with E-state index in [1.165, 1.54) is 12.1 Å². The first kappa shape index (κ1) is 11.2. The molecule has 0 aromatic heterocycles. The second-order valence-electron chi connectivity index (χ2n) is 4.27. The molecule has 86 valence electrons. The Morgan fingerprint density at radius 2 is 2.25 bits per heavy atom. The summed E-state index contributed by atoms with van der Waals surface area (Å²) in [5.41, 5.74) is 0.428. The summed E-state index contributed by atoms with van der Waals surface area (Å²) < 4.78 is 6.34. The zero-order valence-electron chi connectivity index (χ0n) is 8.91. The van der Waals surface area contributed by atoms with Gasteiger partial charge in [-0.05, 0) is 29.8 Å². The van der Waals surface area contributed by atoms with Crippen LogP contribution in [0.25, 0.3) is 0 Å². The molecule has 0 saturated heterocycles. The normalized spacial score (nSPS) is 16.9. The van der Waals surface area contributed by atoms with E-state index in [1.807, 2.05) is 13.8 Å². The number of fused-ring (bicyclic) bond motifs is 1. The van der Waals surface area contributed by atoms with Gasteiger partial charge in [0, 0.05) is 6.07 Å². The highest BCUT2D eigenvalue weighted by Crippen LogP contribution is 2.41. The number of benzene rings is 1. The van der Waals surface area contributed by atoms with Gasteiger partial charge in [0.05, 0.1) is 27.7 Å². The molecule has 1 N–H and O–H groups in total. The summed E-state index contributed by atoms with van der Waals surface area (Å²) in [5, 5.41) is 13.9. The molecule has 16 heavy (non-hydrogen) atoms. The van der Waals surface area contributed by atoms with E-state index in [9.17, 15) is 10.1 Å². The van der Waals surface area contributed by atoms with Crippen LogP contribution in [0.1, 0.15) is 13.8 Å². The molecule has 0 aliphatic carbocycles. The lowest BCUT2D eigenvalue weighted by Crippen LogP contribution is -2.40. The van der Waals surface area contributed by atoms with Gasteiger partial charge in [0.15, 0.2) is 5.75 Å². The van der Waals surface area contributed by atoms with E-state index >= 15 is 0 Å². The van der Waals surface area contributed by atoms with Crippen LogP contribution in [0.3, 0.4) is 0 Å². The average molecular weight is 287 g/mol. The Labute approximate surface area is 101 Å². The number of anilines is 1. The summed E-state index contributed by atoms with van der Waals surface area (Å²) >= 11 is 3.29. The van der Waals surface area contributed by atoms with Gasteiger partial charge in [-0.15, -0.1) is 0 Å². The van der Waals surface area contributed by atoms with E-state index < -0.39 is 4.92 Å². The van der Waals surface area contributed by atoms with Crippen LogP contribution in [0.2, 0.25) is 0 Å². The average Bonchev–Trinajstić information content (AvgIpc) is 2.14. The number of nitro benzene ring substituents is 1. The highest BCUT2D eigenvalue weighted by molar-refractivity contribution is 9.10. The van der Waals surface area contributed by atoms with Gasteiger partial charge in [0.25, 0.3) is 5.69 Å². The van der Waals surface area contributed by atoms with Gasteiger partial charge in [-0.3, -0.25) is 10.1 Å². The number of nitrogens with zero attached hydrogens (tertiary/aromatic N) is 1. The molecule has 0 amide bonds. The Kier molecular flexibility index (Phi) is 2.53. The van der Waals surface area contributed by atoms with Gasteiger partial charge in [0.1, 0.15) is 5.60 Å². The number of rotatable bonds is 1. The lowest BCUT2D eigenvalue weighted by molar-refractivity contribution is -0.385. The van der Waals surface area contributed by atoms with Crippen molar-refractivity contribution in [3.05, 3.63) is 26.7 Å². The number of halogens is 1. The number of ether oxygens (including phenoxy) is 1. The maximum atomic E-state index is 10.7. The predicted molar refractivity (Wildman–Crippen MR) is 64.0 cm³/mol. The minimum absolute atomic E-state index is 0.0186. The van der Waals surface area contributed by atoms with Crippen molar-refractivity contribution in [3.8, 4) is 5.75 Å². The first-order valence-electron chi connectivity index (χ1n) is 4.80. The van der Waals surface area contributed by atoms with Crippen LogP contribution in [0.15, 0.2) is 16.6 Å². The summed E-state index contributed by atoms with van der Waals surface area (Å²) in [6.07, 6.45) is 0. The summed E-state index contributed by atoms with van der Waals surface area (Å²) in [6, 6.07) is 2.90. The van der Waals surface area contributed by atoms with Crippen LogP contribution in [0.4, 0.5) is 11.4 Å². The van der Waals surface area contributed by atoms with Crippen molar-refractivity contribution in [2.75, 3.05) is 11.9 Å². The van der Waals surface area contributed by atoms with Crippen molar-refractivity contribution in [2.24, 2.45) is 0 Å². The Morgan fingerprint density at radius 1 is 1.56 bits per heavy atom. The van der Waals surface area contributed by atoms with Gasteiger partial charge in [-0.1, -0.05) is 0 Å². The van der Waals surface area contributed by atoms with Crippen molar-refractivity contribution < 1.29 is 9.66 Å². The van der Waals surface area contributed by atoms with Crippen molar-refractivity contribution in [1.29, 1.82) is 0 Å². The lowest BCUT2D eigenvalue weighted by atomic mass is 10.1. The van der Waals surface area contributed by atoms with Gasteiger partial charge >= 0.3 is 0 Å². The van der Waals surface area contributed by atoms with Crippen molar-refractivity contribution >= 4 is 27.3 Å². The van der Waals surface area contributed by atoms with Crippen LogP contribution >= 0.6 is 15.9 Å². The molecule has 2 rings (SSSR count). The molecule has 1 aromatic carbocycles. The summed E-state index contributed by atoms with van der Waals surface area (Å²) in [6.45, 7) is 4.52. The molecular formula is C10H11BrN2O3. The van der Waals surface area contributed by atoms with Crippen molar-refractivity contribution in [1.82, 2.24) is 0 Å². The molecule has 1 aliphatic heterocycles. The van der Waals surface area contributed by atoms with E-state index in [0.29, 0.717) is 16.8 Å². The first-order valence-corrected chi connectivity index (χ1v) is 5.59. The molecule has 0 unspecified atom stereocenters. The topological polar surface area (TPSA) is 64.4 Å². The third kappa shape index (κ3) is 1.97. The zero-order valence-corrected chi connectivity index (χ0v) is 10.5. The first-order chi connectivity index (χ1) is 7.39. The maximum absolute atomic E-state index is 10.7. The lowest BCUT2D eigenvalue weighted by Gasteiger charge is -2.33. The number of hydrogen-bond donors (Lipinski definition) is 1. The molecule has 1 heterocycles. The van der Waals surface area contributed by atoms with Crippen LogP contribution in [0, 0.1) is 10.1 Å². The standard InChI is InChI=1S/C10H11BrN2O3/c1-10(2)5-12-9-7(11)3-6(13(14)15)4-8(9)16-10/h3-4,12H,5H2,1-2H3. The van der Waals surface area contributed by atoms with Crippen LogP contribution < -0.4 is 10.1 Å². The number of hydrogen-bond acceptors (Lipinski definition) is 4.